The molecule has 1 heterocycles. The van der Waals surface area contributed by atoms with Crippen LogP contribution in [-0.2, 0) is 4.79 Å². The molecule has 0 aromatic rings. The van der Waals surface area contributed by atoms with E-state index in [0.717, 1.165) is 38.5 Å². The van der Waals surface area contributed by atoms with Crippen molar-refractivity contribution >= 4 is 5.91 Å². The molecule has 1 saturated heterocycles. The van der Waals surface area contributed by atoms with E-state index in [4.69, 9.17) is 0 Å². The van der Waals surface area contributed by atoms with Crippen molar-refractivity contribution in [2.75, 3.05) is 26.2 Å². The molecule has 1 fully saturated rings. The lowest BCUT2D eigenvalue weighted by Crippen LogP contribution is -2.39. The van der Waals surface area contributed by atoms with Gasteiger partial charge in [0.2, 0.25) is 5.91 Å². The van der Waals surface area contributed by atoms with Crippen LogP contribution in [0.4, 0.5) is 0 Å². The number of carbonyl (C=O) groups is 1. The second-order valence-corrected chi connectivity index (χ2v) is 6.30. The first-order chi connectivity index (χ1) is 9.59. The van der Waals surface area contributed by atoms with Gasteiger partial charge in [0.15, 0.2) is 0 Å². The Kier molecular flexibility index (Phi) is 8.86. The molecule has 1 rings (SSSR count). The summed E-state index contributed by atoms with van der Waals surface area (Å²) >= 11 is 0. The number of piperidine rings is 1. The lowest BCUT2D eigenvalue weighted by Gasteiger charge is -2.33. The highest BCUT2D eigenvalue weighted by Gasteiger charge is 2.17. The van der Waals surface area contributed by atoms with E-state index in [-0.39, 0.29) is 5.91 Å². The molecule has 4 heteroatoms. The van der Waals surface area contributed by atoms with E-state index in [1.807, 2.05) is 0 Å². The molecule has 0 saturated carbocycles. The van der Waals surface area contributed by atoms with Crippen molar-refractivity contribution in [3.63, 3.8) is 0 Å². The summed E-state index contributed by atoms with van der Waals surface area (Å²) in [6.07, 6.45) is 6.67. The molecule has 0 spiro atoms. The third-order valence-electron chi connectivity index (χ3n) is 4.02. The van der Waals surface area contributed by atoms with Crippen molar-refractivity contribution in [3.8, 4) is 0 Å². The normalized spacial score (nSPS) is 20.3. The molecule has 0 aliphatic carbocycles. The largest absolute Gasteiger partial charge is 0.356 e. The number of likely N-dealkylation sites (tertiary alicyclic amines) is 1. The van der Waals surface area contributed by atoms with Gasteiger partial charge in [-0.1, -0.05) is 20.3 Å². The molecule has 118 valence electrons. The molecular weight excluding hydrogens is 250 g/mol. The summed E-state index contributed by atoms with van der Waals surface area (Å²) in [4.78, 5) is 14.2. The number of nitrogens with one attached hydrogen (secondary N) is 2. The molecule has 0 aromatic heterocycles. The minimum absolute atomic E-state index is 0.197. The lowest BCUT2D eigenvalue weighted by atomic mass is 10.0. The summed E-state index contributed by atoms with van der Waals surface area (Å²) in [6.45, 7) is 10.7. The second-order valence-electron chi connectivity index (χ2n) is 6.30. The summed E-state index contributed by atoms with van der Waals surface area (Å²) < 4.78 is 0. The zero-order valence-electron chi connectivity index (χ0n) is 13.6. The molecule has 1 amide bonds. The van der Waals surface area contributed by atoms with Crippen molar-refractivity contribution in [3.05, 3.63) is 0 Å². The lowest BCUT2D eigenvalue weighted by molar-refractivity contribution is -0.121. The molecule has 1 unspecified atom stereocenters. The van der Waals surface area contributed by atoms with E-state index in [1.54, 1.807) is 0 Å². The Morgan fingerprint density at radius 3 is 2.75 bits per heavy atom. The van der Waals surface area contributed by atoms with Crippen LogP contribution in [0.25, 0.3) is 0 Å². The van der Waals surface area contributed by atoms with Crippen LogP contribution >= 0.6 is 0 Å². The first kappa shape index (κ1) is 17.4. The zero-order chi connectivity index (χ0) is 14.8. The molecule has 2 N–H and O–H groups in total. The van der Waals surface area contributed by atoms with Crippen LogP contribution in [0, 0.1) is 0 Å². The third kappa shape index (κ3) is 7.85. The molecule has 1 atom stereocenters. The monoisotopic (exact) mass is 283 g/mol. The topological polar surface area (TPSA) is 44.4 Å². The number of amides is 1. The van der Waals surface area contributed by atoms with Gasteiger partial charge in [0, 0.05) is 31.6 Å². The van der Waals surface area contributed by atoms with Gasteiger partial charge < -0.3 is 15.5 Å². The Hall–Kier alpha value is -0.610. The minimum Gasteiger partial charge on any atom is -0.356 e. The Balaban J connectivity index is 1.96. The van der Waals surface area contributed by atoms with E-state index in [0.29, 0.717) is 12.5 Å². The molecule has 0 radical (unpaired) electrons. The second kappa shape index (κ2) is 10.2. The number of carbonyl (C=O) groups excluding carboxylic acids is 1. The van der Waals surface area contributed by atoms with E-state index in [9.17, 15) is 4.79 Å². The third-order valence-corrected chi connectivity index (χ3v) is 4.02. The maximum atomic E-state index is 11.7. The maximum Gasteiger partial charge on any atom is 0.220 e. The highest BCUT2D eigenvalue weighted by molar-refractivity contribution is 5.75. The van der Waals surface area contributed by atoms with Crippen LogP contribution in [0.15, 0.2) is 0 Å². The van der Waals surface area contributed by atoms with Crippen LogP contribution in [0.3, 0.4) is 0 Å². The van der Waals surface area contributed by atoms with Gasteiger partial charge in [0.1, 0.15) is 0 Å². The number of rotatable bonds is 9. The highest BCUT2D eigenvalue weighted by Crippen LogP contribution is 2.15. The fraction of sp³-hybridized carbons (Fsp3) is 0.938. The average molecular weight is 283 g/mol. The van der Waals surface area contributed by atoms with Crippen LogP contribution in [0.5, 0.6) is 0 Å². The van der Waals surface area contributed by atoms with Crippen LogP contribution in [0.2, 0.25) is 0 Å². The van der Waals surface area contributed by atoms with Gasteiger partial charge in [-0.05, 0) is 45.7 Å². The summed E-state index contributed by atoms with van der Waals surface area (Å²) in [6, 6.07) is 1.23. The van der Waals surface area contributed by atoms with Crippen LogP contribution in [0.1, 0.15) is 59.3 Å². The van der Waals surface area contributed by atoms with E-state index < -0.39 is 0 Å². The quantitative estimate of drug-likeness (QED) is 0.637. The average Bonchev–Trinajstić information content (AvgIpc) is 2.41. The molecular formula is C16H33N3O. The first-order valence-electron chi connectivity index (χ1n) is 8.33. The Bertz CT molecular complexity index is 268. The van der Waals surface area contributed by atoms with Crippen molar-refractivity contribution < 1.29 is 4.79 Å². The van der Waals surface area contributed by atoms with E-state index in [1.165, 1.54) is 25.8 Å². The highest BCUT2D eigenvalue weighted by atomic mass is 16.1. The van der Waals surface area contributed by atoms with Gasteiger partial charge in [-0.3, -0.25) is 4.79 Å². The fourth-order valence-electron chi connectivity index (χ4n) is 2.73. The van der Waals surface area contributed by atoms with Crippen molar-refractivity contribution in [2.24, 2.45) is 0 Å². The SMILES string of the molecule is CC(C)NCCCC(=O)NCCCN1CCCCC1C. The van der Waals surface area contributed by atoms with Crippen molar-refractivity contribution in [2.45, 2.75) is 71.4 Å². The first-order valence-corrected chi connectivity index (χ1v) is 8.33. The summed E-state index contributed by atoms with van der Waals surface area (Å²) in [5.41, 5.74) is 0. The van der Waals surface area contributed by atoms with Gasteiger partial charge in [-0.25, -0.2) is 0 Å². The zero-order valence-corrected chi connectivity index (χ0v) is 13.6. The molecule has 1 aliphatic heterocycles. The molecule has 20 heavy (non-hydrogen) atoms. The van der Waals surface area contributed by atoms with Crippen molar-refractivity contribution in [1.29, 1.82) is 0 Å². The standard InChI is InChI=1S/C16H33N3O/c1-14(2)17-10-6-9-16(20)18-11-7-13-19-12-5-4-8-15(19)3/h14-15,17H,4-13H2,1-3H3,(H,18,20). The van der Waals surface area contributed by atoms with Crippen LogP contribution < -0.4 is 10.6 Å². The fourth-order valence-corrected chi connectivity index (χ4v) is 2.73. The maximum absolute atomic E-state index is 11.7. The van der Waals surface area contributed by atoms with E-state index in [2.05, 4.69) is 36.3 Å². The van der Waals surface area contributed by atoms with Gasteiger partial charge in [0.05, 0.1) is 0 Å². The van der Waals surface area contributed by atoms with Gasteiger partial charge in [-0.2, -0.15) is 0 Å². The molecule has 0 bridgehead atoms. The number of hydrogen-bond acceptors (Lipinski definition) is 3. The molecule has 0 aromatic carbocycles. The number of hydrogen-bond donors (Lipinski definition) is 2. The van der Waals surface area contributed by atoms with Gasteiger partial charge in [-0.15, -0.1) is 0 Å². The predicted molar refractivity (Wildman–Crippen MR) is 84.9 cm³/mol. The minimum atomic E-state index is 0.197. The smallest absolute Gasteiger partial charge is 0.220 e. The summed E-state index contributed by atoms with van der Waals surface area (Å²) in [5, 5.41) is 6.36. The number of nitrogens with zero attached hydrogens (tertiary/aromatic N) is 1. The van der Waals surface area contributed by atoms with Crippen molar-refractivity contribution in [1.82, 2.24) is 15.5 Å². The van der Waals surface area contributed by atoms with Crippen LogP contribution in [-0.4, -0.2) is 49.1 Å². The molecule has 4 nitrogen and oxygen atoms in total. The molecule has 1 aliphatic rings. The summed E-state index contributed by atoms with van der Waals surface area (Å²) in [7, 11) is 0. The Morgan fingerprint density at radius 2 is 2.05 bits per heavy atom. The Morgan fingerprint density at radius 1 is 1.25 bits per heavy atom. The van der Waals surface area contributed by atoms with Gasteiger partial charge >= 0.3 is 0 Å². The Labute approximate surface area is 124 Å². The summed E-state index contributed by atoms with van der Waals surface area (Å²) in [5.74, 6) is 0.197. The predicted octanol–water partition coefficient (Wildman–Crippen LogP) is 2.15. The van der Waals surface area contributed by atoms with E-state index >= 15 is 0 Å². The van der Waals surface area contributed by atoms with Gasteiger partial charge in [0.25, 0.3) is 0 Å².